The van der Waals surface area contributed by atoms with E-state index in [0.717, 1.165) is 67.7 Å². The van der Waals surface area contributed by atoms with Gasteiger partial charge in [0.2, 0.25) is 11.1 Å². The van der Waals surface area contributed by atoms with Gasteiger partial charge in [0.05, 0.1) is 0 Å². The third-order valence-electron chi connectivity index (χ3n) is 4.61. The van der Waals surface area contributed by atoms with Crippen molar-refractivity contribution in [3.05, 3.63) is 17.6 Å². The Morgan fingerprint density at radius 3 is 2.21 bits per heavy atom. The fraction of sp³-hybridized carbons (Fsp3) is 0.625. The van der Waals surface area contributed by atoms with E-state index in [1.165, 1.54) is 24.4 Å². The predicted octanol–water partition coefficient (Wildman–Crippen LogP) is 1.87. The summed E-state index contributed by atoms with van der Waals surface area (Å²) >= 11 is 1.49. The quantitative estimate of drug-likeness (QED) is 0.841. The second kappa shape index (κ2) is 6.51. The number of anilines is 3. The molecule has 0 atom stereocenters. The molecule has 0 aromatic carbocycles. The standard InChI is InChI=1S/C16H23N7S/c1-12-11-14(19-15(17-12)22-5-3-4-6-22)21-7-9-23(10-8-21)16-18-13(2)20-24-16/h11H,3-10H2,1-2H3. The van der Waals surface area contributed by atoms with Gasteiger partial charge in [-0.3, -0.25) is 0 Å². The molecule has 2 saturated heterocycles. The zero-order valence-corrected chi connectivity index (χ0v) is 15.1. The molecular formula is C16H23N7S. The third-order valence-corrected chi connectivity index (χ3v) is 5.48. The predicted molar refractivity (Wildman–Crippen MR) is 97.3 cm³/mol. The van der Waals surface area contributed by atoms with Crippen LogP contribution in [0.2, 0.25) is 0 Å². The minimum Gasteiger partial charge on any atom is -0.353 e. The molecule has 2 aliphatic rings. The number of aryl methyl sites for hydroxylation is 2. The maximum atomic E-state index is 4.84. The fourth-order valence-electron chi connectivity index (χ4n) is 3.30. The van der Waals surface area contributed by atoms with E-state index in [9.17, 15) is 0 Å². The first-order valence-electron chi connectivity index (χ1n) is 8.60. The van der Waals surface area contributed by atoms with E-state index >= 15 is 0 Å². The molecule has 2 aliphatic heterocycles. The number of hydrogen-bond acceptors (Lipinski definition) is 8. The highest BCUT2D eigenvalue weighted by Gasteiger charge is 2.22. The molecule has 0 N–H and O–H groups in total. The lowest BCUT2D eigenvalue weighted by atomic mass is 10.3. The molecule has 4 heterocycles. The molecule has 0 radical (unpaired) electrons. The van der Waals surface area contributed by atoms with Gasteiger partial charge in [0.15, 0.2) is 0 Å². The Bertz CT molecular complexity index is 702. The van der Waals surface area contributed by atoms with Gasteiger partial charge in [-0.1, -0.05) is 0 Å². The van der Waals surface area contributed by atoms with Gasteiger partial charge in [0.25, 0.3) is 0 Å². The second-order valence-electron chi connectivity index (χ2n) is 6.46. The first-order chi connectivity index (χ1) is 11.7. The summed E-state index contributed by atoms with van der Waals surface area (Å²) in [4.78, 5) is 20.9. The monoisotopic (exact) mass is 345 g/mol. The molecule has 0 amide bonds. The Hall–Kier alpha value is -1.96. The molecule has 24 heavy (non-hydrogen) atoms. The smallest absolute Gasteiger partial charge is 0.227 e. The highest BCUT2D eigenvalue weighted by atomic mass is 32.1. The van der Waals surface area contributed by atoms with Gasteiger partial charge in [0, 0.05) is 62.6 Å². The van der Waals surface area contributed by atoms with E-state index < -0.39 is 0 Å². The number of nitrogens with zero attached hydrogens (tertiary/aromatic N) is 7. The number of hydrogen-bond donors (Lipinski definition) is 0. The van der Waals surface area contributed by atoms with Crippen molar-refractivity contribution in [2.75, 3.05) is 54.0 Å². The van der Waals surface area contributed by atoms with Gasteiger partial charge in [0.1, 0.15) is 11.6 Å². The molecule has 0 unspecified atom stereocenters. The lowest BCUT2D eigenvalue weighted by molar-refractivity contribution is 0.644. The van der Waals surface area contributed by atoms with Crippen LogP contribution in [-0.2, 0) is 0 Å². The Morgan fingerprint density at radius 1 is 0.833 bits per heavy atom. The molecule has 2 aromatic rings. The average molecular weight is 345 g/mol. The molecule has 0 aliphatic carbocycles. The Kier molecular flexibility index (Phi) is 4.22. The van der Waals surface area contributed by atoms with E-state index in [2.05, 4.69) is 42.0 Å². The van der Waals surface area contributed by atoms with Crippen LogP contribution in [0.15, 0.2) is 6.07 Å². The molecule has 128 valence electrons. The van der Waals surface area contributed by atoms with Gasteiger partial charge in [-0.2, -0.15) is 9.36 Å². The molecule has 0 spiro atoms. The van der Waals surface area contributed by atoms with Gasteiger partial charge in [-0.15, -0.1) is 0 Å². The zero-order chi connectivity index (χ0) is 16.5. The molecule has 8 heteroatoms. The summed E-state index contributed by atoms with van der Waals surface area (Å²) in [6.45, 7) is 9.97. The number of aromatic nitrogens is 4. The molecule has 2 fully saturated rings. The second-order valence-corrected chi connectivity index (χ2v) is 7.19. The van der Waals surface area contributed by atoms with Crippen LogP contribution in [0.1, 0.15) is 24.4 Å². The molecule has 0 bridgehead atoms. The van der Waals surface area contributed by atoms with Crippen molar-refractivity contribution in [1.82, 2.24) is 19.3 Å². The normalized spacial score (nSPS) is 18.5. The number of piperazine rings is 1. The Balaban J connectivity index is 1.47. The first kappa shape index (κ1) is 15.6. The molecule has 0 saturated carbocycles. The van der Waals surface area contributed by atoms with Gasteiger partial charge in [-0.25, -0.2) is 9.97 Å². The highest BCUT2D eigenvalue weighted by molar-refractivity contribution is 7.09. The first-order valence-corrected chi connectivity index (χ1v) is 9.37. The van der Waals surface area contributed by atoms with Gasteiger partial charge < -0.3 is 14.7 Å². The molecule has 7 nitrogen and oxygen atoms in total. The third kappa shape index (κ3) is 3.15. The van der Waals surface area contributed by atoms with Crippen LogP contribution in [-0.4, -0.2) is 58.6 Å². The van der Waals surface area contributed by atoms with Crippen molar-refractivity contribution in [3.8, 4) is 0 Å². The molecule has 4 rings (SSSR count). The van der Waals surface area contributed by atoms with Crippen LogP contribution in [0.5, 0.6) is 0 Å². The minimum absolute atomic E-state index is 0.860. The summed E-state index contributed by atoms with van der Waals surface area (Å²) in [5, 5.41) is 1.03. The maximum Gasteiger partial charge on any atom is 0.227 e. The lowest BCUT2D eigenvalue weighted by Crippen LogP contribution is -2.47. The van der Waals surface area contributed by atoms with Crippen molar-refractivity contribution in [2.45, 2.75) is 26.7 Å². The van der Waals surface area contributed by atoms with Crippen LogP contribution in [0.3, 0.4) is 0 Å². The minimum atomic E-state index is 0.860. The van der Waals surface area contributed by atoms with E-state index in [-0.39, 0.29) is 0 Å². The van der Waals surface area contributed by atoms with Crippen molar-refractivity contribution < 1.29 is 0 Å². The average Bonchev–Trinajstić information content (AvgIpc) is 3.26. The number of rotatable bonds is 3. The summed E-state index contributed by atoms with van der Waals surface area (Å²) in [7, 11) is 0. The highest BCUT2D eigenvalue weighted by Crippen LogP contribution is 2.24. The van der Waals surface area contributed by atoms with Crippen LogP contribution in [0.25, 0.3) is 0 Å². The summed E-state index contributed by atoms with van der Waals surface area (Å²) < 4.78 is 4.29. The van der Waals surface area contributed by atoms with Crippen molar-refractivity contribution in [1.29, 1.82) is 0 Å². The van der Waals surface area contributed by atoms with Gasteiger partial charge >= 0.3 is 0 Å². The lowest BCUT2D eigenvalue weighted by Gasteiger charge is -2.35. The summed E-state index contributed by atoms with van der Waals surface area (Å²) in [6.07, 6.45) is 2.49. The SMILES string of the molecule is Cc1cc(N2CCN(c3nc(C)ns3)CC2)nc(N2CCCC2)n1. The largest absolute Gasteiger partial charge is 0.353 e. The Morgan fingerprint density at radius 2 is 1.54 bits per heavy atom. The van der Waals surface area contributed by atoms with E-state index in [4.69, 9.17) is 4.98 Å². The summed E-state index contributed by atoms with van der Waals surface area (Å²) in [6, 6.07) is 2.10. The summed E-state index contributed by atoms with van der Waals surface area (Å²) in [5.74, 6) is 2.81. The van der Waals surface area contributed by atoms with E-state index in [1.54, 1.807) is 0 Å². The topological polar surface area (TPSA) is 61.3 Å². The maximum absolute atomic E-state index is 4.84. The van der Waals surface area contributed by atoms with Crippen LogP contribution >= 0.6 is 11.5 Å². The van der Waals surface area contributed by atoms with Crippen molar-refractivity contribution in [3.63, 3.8) is 0 Å². The zero-order valence-electron chi connectivity index (χ0n) is 14.3. The summed E-state index contributed by atoms with van der Waals surface area (Å²) in [5.41, 5.74) is 1.05. The van der Waals surface area contributed by atoms with Crippen molar-refractivity contribution in [2.24, 2.45) is 0 Å². The molecule has 2 aromatic heterocycles. The fourth-order valence-corrected chi connectivity index (χ4v) is 4.02. The van der Waals surface area contributed by atoms with Gasteiger partial charge in [-0.05, 0) is 26.7 Å². The van der Waals surface area contributed by atoms with E-state index in [0.29, 0.717) is 0 Å². The van der Waals surface area contributed by atoms with Crippen LogP contribution in [0.4, 0.5) is 16.9 Å². The van der Waals surface area contributed by atoms with Crippen LogP contribution < -0.4 is 14.7 Å². The Labute approximate surface area is 146 Å². The molecular weight excluding hydrogens is 322 g/mol. The van der Waals surface area contributed by atoms with Crippen LogP contribution in [0, 0.1) is 13.8 Å². The van der Waals surface area contributed by atoms with Crippen molar-refractivity contribution >= 4 is 28.4 Å². The van der Waals surface area contributed by atoms with E-state index in [1.807, 2.05) is 6.92 Å².